The molecule has 1 aliphatic heterocycles. The molecular weight excluding hydrogens is 390 g/mol. The van der Waals surface area contributed by atoms with E-state index in [1.54, 1.807) is 24.4 Å². The predicted octanol–water partition coefficient (Wildman–Crippen LogP) is 4.06. The lowest BCUT2D eigenvalue weighted by Gasteiger charge is -2.24. The van der Waals surface area contributed by atoms with E-state index in [0.29, 0.717) is 40.6 Å². The topological polar surface area (TPSA) is 109 Å². The van der Waals surface area contributed by atoms with Gasteiger partial charge in [-0.15, -0.1) is 11.3 Å². The van der Waals surface area contributed by atoms with Crippen molar-refractivity contribution in [2.75, 3.05) is 5.32 Å². The average molecular weight is 407 g/mol. The molecule has 8 nitrogen and oxygen atoms in total. The van der Waals surface area contributed by atoms with E-state index in [1.165, 1.54) is 17.5 Å². The van der Waals surface area contributed by atoms with E-state index in [0.717, 1.165) is 5.01 Å². The van der Waals surface area contributed by atoms with E-state index in [1.807, 2.05) is 19.2 Å². The van der Waals surface area contributed by atoms with Gasteiger partial charge >= 0.3 is 0 Å². The number of rotatable bonds is 5. The van der Waals surface area contributed by atoms with Gasteiger partial charge in [0.2, 0.25) is 5.75 Å². The molecule has 1 aromatic carbocycles. The Labute approximate surface area is 171 Å². The third-order valence-electron chi connectivity index (χ3n) is 4.05. The molecular formula is C20H17N5O3S. The highest BCUT2D eigenvalue weighted by Crippen LogP contribution is 2.49. The number of aromatic nitrogens is 2. The summed E-state index contributed by atoms with van der Waals surface area (Å²) in [4.78, 5) is 21.3. The van der Waals surface area contributed by atoms with Crippen LogP contribution in [0, 0.1) is 11.3 Å². The molecule has 0 saturated carbocycles. The summed E-state index contributed by atoms with van der Waals surface area (Å²) in [6.07, 6.45) is 3.15. The van der Waals surface area contributed by atoms with Gasteiger partial charge in [-0.05, 0) is 26.0 Å². The number of ether oxygens (including phenoxy) is 2. The van der Waals surface area contributed by atoms with E-state index in [2.05, 4.69) is 26.7 Å². The van der Waals surface area contributed by atoms with Crippen LogP contribution in [-0.2, 0) is 6.54 Å². The number of nitrogens with zero attached hydrogens (tertiary/aromatic N) is 3. The molecule has 0 unspecified atom stereocenters. The normalized spacial score (nSPS) is 11.5. The molecule has 0 spiro atoms. The smallest absolute Gasteiger partial charge is 0.265 e. The van der Waals surface area contributed by atoms with Crippen LogP contribution in [0.15, 0.2) is 36.0 Å². The van der Waals surface area contributed by atoms with E-state index in [-0.39, 0.29) is 17.8 Å². The number of nitriles is 1. The minimum atomic E-state index is -0.307. The third-order valence-corrected chi connectivity index (χ3v) is 4.83. The van der Waals surface area contributed by atoms with Gasteiger partial charge in [-0.1, -0.05) is 0 Å². The first-order chi connectivity index (χ1) is 14.0. The van der Waals surface area contributed by atoms with Crippen molar-refractivity contribution in [3.05, 3.63) is 52.1 Å². The van der Waals surface area contributed by atoms with Crippen LogP contribution in [0.2, 0.25) is 0 Å². The van der Waals surface area contributed by atoms with E-state index in [9.17, 15) is 4.79 Å². The van der Waals surface area contributed by atoms with Crippen molar-refractivity contribution in [2.45, 2.75) is 26.4 Å². The Bertz CT molecular complexity index is 1110. The highest BCUT2D eigenvalue weighted by Gasteiger charge is 2.28. The molecule has 0 atom stereocenters. The number of amides is 1. The Morgan fingerprint density at radius 2 is 2.14 bits per heavy atom. The van der Waals surface area contributed by atoms with Gasteiger partial charge in [0.25, 0.3) is 11.8 Å². The number of pyridine rings is 1. The van der Waals surface area contributed by atoms with Crippen LogP contribution >= 0.6 is 11.3 Å². The summed E-state index contributed by atoms with van der Waals surface area (Å²) >= 11 is 1.47. The summed E-state index contributed by atoms with van der Waals surface area (Å²) in [6, 6.07) is 6.99. The molecule has 0 radical (unpaired) electrons. The average Bonchev–Trinajstić information content (AvgIpc) is 3.24. The zero-order valence-corrected chi connectivity index (χ0v) is 16.5. The Kier molecular flexibility index (Phi) is 5.01. The predicted molar refractivity (Wildman–Crippen MR) is 108 cm³/mol. The molecule has 0 saturated heterocycles. The van der Waals surface area contributed by atoms with Crippen molar-refractivity contribution >= 4 is 22.9 Å². The molecule has 29 heavy (non-hydrogen) atoms. The van der Waals surface area contributed by atoms with Crippen molar-refractivity contribution in [1.82, 2.24) is 15.3 Å². The second-order valence-corrected chi connectivity index (χ2v) is 7.55. The molecule has 1 aliphatic rings. The summed E-state index contributed by atoms with van der Waals surface area (Å²) in [7, 11) is 0. The number of fused-ring (bicyclic) bond motifs is 2. The van der Waals surface area contributed by atoms with Crippen LogP contribution in [-0.4, -0.2) is 21.9 Å². The second kappa shape index (κ2) is 7.77. The van der Waals surface area contributed by atoms with Crippen LogP contribution in [0.4, 0.5) is 5.69 Å². The lowest BCUT2D eigenvalue weighted by atomic mass is 10.1. The molecule has 0 bridgehead atoms. The van der Waals surface area contributed by atoms with Crippen molar-refractivity contribution in [3.8, 4) is 29.2 Å². The maximum atomic E-state index is 12.8. The zero-order valence-electron chi connectivity index (χ0n) is 15.7. The van der Waals surface area contributed by atoms with E-state index >= 15 is 0 Å². The summed E-state index contributed by atoms with van der Waals surface area (Å²) in [5.74, 6) is 1.11. The number of carbonyl (C=O) groups excluding carboxylic acids is 1. The van der Waals surface area contributed by atoms with Crippen molar-refractivity contribution in [1.29, 1.82) is 5.26 Å². The van der Waals surface area contributed by atoms with Crippen molar-refractivity contribution in [3.63, 3.8) is 0 Å². The van der Waals surface area contributed by atoms with Gasteiger partial charge in [-0.25, -0.2) is 9.97 Å². The molecule has 9 heteroatoms. The lowest BCUT2D eigenvalue weighted by molar-refractivity contribution is 0.0951. The number of anilines is 1. The molecule has 2 N–H and O–H groups in total. The maximum absolute atomic E-state index is 12.8. The standard InChI is InChI=1S/C20H17N5O3S/c1-11(2)25-17-13(19(26)23-10-16-22-5-6-29-16)9-24-20-18(17)27-15-7-12(8-21)3-4-14(15)28-20/h3-7,9,11H,10H2,1-2H3,(H,23,26)(H,24,25). The minimum Gasteiger partial charge on any atom is -0.445 e. The number of carbonyl (C=O) groups is 1. The molecule has 146 valence electrons. The SMILES string of the molecule is CC(C)Nc1c(C(=O)NCc2nccs2)cnc2c1Oc1cc(C#N)ccc1O2. The van der Waals surface area contributed by atoms with E-state index < -0.39 is 0 Å². The van der Waals surface area contributed by atoms with Crippen LogP contribution in [0.5, 0.6) is 23.1 Å². The quantitative estimate of drug-likeness (QED) is 0.513. The zero-order chi connectivity index (χ0) is 20.4. The van der Waals surface area contributed by atoms with Crippen LogP contribution in [0.25, 0.3) is 0 Å². The summed E-state index contributed by atoms with van der Waals surface area (Å²) in [6.45, 7) is 4.23. The van der Waals surface area contributed by atoms with E-state index in [4.69, 9.17) is 14.7 Å². The third kappa shape index (κ3) is 3.83. The molecule has 0 fully saturated rings. The lowest BCUT2D eigenvalue weighted by Crippen LogP contribution is -2.25. The fraction of sp³-hybridized carbons (Fsp3) is 0.200. The van der Waals surface area contributed by atoms with Gasteiger partial charge in [0, 0.05) is 29.9 Å². The first-order valence-corrected chi connectivity index (χ1v) is 9.79. The minimum absolute atomic E-state index is 0.0300. The largest absolute Gasteiger partial charge is 0.445 e. The highest BCUT2D eigenvalue weighted by molar-refractivity contribution is 7.09. The second-order valence-electron chi connectivity index (χ2n) is 6.57. The summed E-state index contributed by atoms with van der Waals surface area (Å²) in [5, 5.41) is 17.9. The van der Waals surface area contributed by atoms with Crippen LogP contribution < -0.4 is 20.1 Å². The van der Waals surface area contributed by atoms with Gasteiger partial charge in [0.05, 0.1) is 29.4 Å². The number of hydrogen-bond donors (Lipinski definition) is 2. The van der Waals surface area contributed by atoms with Crippen LogP contribution in [0.3, 0.4) is 0 Å². The number of thiazole rings is 1. The van der Waals surface area contributed by atoms with Crippen LogP contribution in [0.1, 0.15) is 34.8 Å². The van der Waals surface area contributed by atoms with Gasteiger partial charge in [0.15, 0.2) is 11.5 Å². The molecule has 2 aromatic heterocycles. The number of nitrogens with one attached hydrogen (secondary N) is 2. The number of hydrogen-bond acceptors (Lipinski definition) is 8. The fourth-order valence-electron chi connectivity index (χ4n) is 2.79. The highest BCUT2D eigenvalue weighted by atomic mass is 32.1. The fourth-order valence-corrected chi connectivity index (χ4v) is 3.35. The van der Waals surface area contributed by atoms with Crippen molar-refractivity contribution < 1.29 is 14.3 Å². The van der Waals surface area contributed by atoms with Gasteiger partial charge in [-0.2, -0.15) is 5.26 Å². The maximum Gasteiger partial charge on any atom is 0.265 e. The number of benzene rings is 1. The molecule has 0 aliphatic carbocycles. The Hall–Kier alpha value is -3.64. The monoisotopic (exact) mass is 407 g/mol. The Morgan fingerprint density at radius 3 is 2.86 bits per heavy atom. The first-order valence-electron chi connectivity index (χ1n) is 8.91. The Balaban J connectivity index is 1.69. The van der Waals surface area contributed by atoms with Gasteiger partial charge < -0.3 is 20.1 Å². The molecule has 3 heterocycles. The van der Waals surface area contributed by atoms with Crippen molar-refractivity contribution in [2.24, 2.45) is 0 Å². The summed E-state index contributed by atoms with van der Waals surface area (Å²) in [5.41, 5.74) is 1.26. The Morgan fingerprint density at radius 1 is 1.28 bits per heavy atom. The van der Waals surface area contributed by atoms with Gasteiger partial charge in [0.1, 0.15) is 5.01 Å². The molecule has 3 aromatic rings. The summed E-state index contributed by atoms with van der Waals surface area (Å²) < 4.78 is 11.8. The first kappa shape index (κ1) is 18.7. The molecule has 1 amide bonds. The van der Waals surface area contributed by atoms with Gasteiger partial charge in [-0.3, -0.25) is 4.79 Å². The molecule has 4 rings (SSSR count).